The summed E-state index contributed by atoms with van der Waals surface area (Å²) >= 11 is 6.67. The number of amides is 1. The second kappa shape index (κ2) is 8.31. The lowest BCUT2D eigenvalue weighted by atomic mass is 9.95. The Balaban J connectivity index is 1.16. The largest absolute Gasteiger partial charge is 0.389 e. The van der Waals surface area contributed by atoms with Crippen LogP contribution in [-0.2, 0) is 14.3 Å². The van der Waals surface area contributed by atoms with Crippen LogP contribution < -0.4 is 10.2 Å². The van der Waals surface area contributed by atoms with E-state index in [1.807, 2.05) is 12.1 Å². The fourth-order valence-corrected chi connectivity index (χ4v) is 6.16. The van der Waals surface area contributed by atoms with Gasteiger partial charge < -0.3 is 24.8 Å². The Morgan fingerprint density at radius 2 is 2.00 bits per heavy atom. The molecule has 34 heavy (non-hydrogen) atoms. The van der Waals surface area contributed by atoms with Crippen molar-refractivity contribution >= 4 is 39.8 Å². The number of nitrogens with zero attached hydrogens (tertiary/aromatic N) is 3. The number of aliphatic hydroxyl groups is 1. The van der Waals surface area contributed by atoms with Gasteiger partial charge in [0, 0.05) is 55.7 Å². The average Bonchev–Trinajstić information content (AvgIpc) is 3.14. The number of carbonyl (C=O) groups excluding carboxylic acids is 1. The third-order valence-corrected chi connectivity index (χ3v) is 8.71. The molecule has 1 spiro atoms. The van der Waals surface area contributed by atoms with Gasteiger partial charge in [-0.3, -0.25) is 9.69 Å². The van der Waals surface area contributed by atoms with E-state index < -0.39 is 6.10 Å². The lowest BCUT2D eigenvalue weighted by Gasteiger charge is -2.45. The van der Waals surface area contributed by atoms with Crippen molar-refractivity contribution in [2.24, 2.45) is 11.3 Å². The van der Waals surface area contributed by atoms with Crippen LogP contribution in [0.25, 0.3) is 10.8 Å². The molecule has 4 atom stereocenters. The summed E-state index contributed by atoms with van der Waals surface area (Å²) in [5, 5.41) is 16.0. The summed E-state index contributed by atoms with van der Waals surface area (Å²) in [6.45, 7) is 7.76. The van der Waals surface area contributed by atoms with E-state index >= 15 is 0 Å². The maximum Gasteiger partial charge on any atom is 0.229 e. The molecule has 4 heterocycles. The van der Waals surface area contributed by atoms with Gasteiger partial charge in [0.15, 0.2) is 0 Å². The maximum atomic E-state index is 12.8. The van der Waals surface area contributed by atoms with E-state index in [-0.39, 0.29) is 22.8 Å². The molecule has 0 radical (unpaired) electrons. The Labute approximate surface area is 204 Å². The molecule has 1 aromatic carbocycles. The summed E-state index contributed by atoms with van der Waals surface area (Å²) in [5.74, 6) is 0.629. The van der Waals surface area contributed by atoms with Gasteiger partial charge >= 0.3 is 0 Å². The molecular weight excluding hydrogens is 456 g/mol. The highest BCUT2D eigenvalue weighted by molar-refractivity contribution is 6.34. The molecule has 1 saturated carbocycles. The van der Waals surface area contributed by atoms with E-state index in [9.17, 15) is 9.90 Å². The fraction of sp³-hybridized carbons (Fsp3) is 0.600. The minimum Gasteiger partial charge on any atom is -0.389 e. The highest BCUT2D eigenvalue weighted by atomic mass is 35.5. The van der Waals surface area contributed by atoms with Crippen LogP contribution in [0.15, 0.2) is 24.4 Å². The number of pyridine rings is 1. The molecule has 2 aromatic rings. The molecule has 4 fully saturated rings. The topological polar surface area (TPSA) is 87.2 Å². The number of hydrogen-bond donors (Lipinski definition) is 2. The van der Waals surface area contributed by atoms with E-state index in [1.54, 1.807) is 6.20 Å². The van der Waals surface area contributed by atoms with Gasteiger partial charge in [-0.05, 0) is 43.4 Å². The summed E-state index contributed by atoms with van der Waals surface area (Å²) in [5.41, 5.74) is 0.708. The van der Waals surface area contributed by atoms with E-state index in [0.29, 0.717) is 30.7 Å². The summed E-state index contributed by atoms with van der Waals surface area (Å²) < 4.78 is 11.0. The van der Waals surface area contributed by atoms with Gasteiger partial charge in [0.1, 0.15) is 5.82 Å². The molecule has 1 amide bonds. The van der Waals surface area contributed by atoms with Crippen molar-refractivity contribution in [1.82, 2.24) is 9.88 Å². The number of hydrogen-bond acceptors (Lipinski definition) is 7. The lowest BCUT2D eigenvalue weighted by molar-refractivity contribution is -0.118. The first-order chi connectivity index (χ1) is 16.4. The lowest BCUT2D eigenvalue weighted by Crippen LogP contribution is -2.60. The molecule has 9 heteroatoms. The van der Waals surface area contributed by atoms with Crippen LogP contribution in [0.4, 0.5) is 11.5 Å². The van der Waals surface area contributed by atoms with Gasteiger partial charge in [-0.1, -0.05) is 11.6 Å². The zero-order valence-corrected chi connectivity index (χ0v) is 20.2. The van der Waals surface area contributed by atoms with Crippen molar-refractivity contribution in [1.29, 1.82) is 0 Å². The molecule has 3 aliphatic heterocycles. The van der Waals surface area contributed by atoms with Crippen LogP contribution >= 0.6 is 11.6 Å². The first-order valence-electron chi connectivity index (χ1n) is 12.1. The van der Waals surface area contributed by atoms with Gasteiger partial charge in [-0.15, -0.1) is 0 Å². The van der Waals surface area contributed by atoms with E-state index in [4.69, 9.17) is 21.1 Å². The third kappa shape index (κ3) is 3.76. The van der Waals surface area contributed by atoms with Crippen LogP contribution in [0.1, 0.15) is 19.8 Å². The Kier molecular flexibility index (Phi) is 5.50. The van der Waals surface area contributed by atoms with Crippen LogP contribution in [0.5, 0.6) is 0 Å². The Hall–Kier alpha value is -1.97. The molecular formula is C25H31ClN4O4. The van der Waals surface area contributed by atoms with Crippen molar-refractivity contribution in [2.75, 3.05) is 62.8 Å². The highest BCUT2D eigenvalue weighted by Gasteiger charge is 2.59. The summed E-state index contributed by atoms with van der Waals surface area (Å²) in [6, 6.07) is 5.96. The molecule has 3 saturated heterocycles. The number of piperazine rings is 1. The number of aliphatic hydroxyl groups excluding tert-OH is 1. The molecule has 1 aliphatic carbocycles. The van der Waals surface area contributed by atoms with Gasteiger partial charge in [-0.2, -0.15) is 0 Å². The number of carbonyl (C=O) groups is 1. The predicted molar refractivity (Wildman–Crippen MR) is 130 cm³/mol. The molecule has 6 rings (SSSR count). The predicted octanol–water partition coefficient (Wildman–Crippen LogP) is 2.53. The Bertz CT molecular complexity index is 1120. The van der Waals surface area contributed by atoms with Gasteiger partial charge in [0.2, 0.25) is 5.91 Å². The number of benzene rings is 1. The van der Waals surface area contributed by atoms with E-state index in [2.05, 4.69) is 33.1 Å². The van der Waals surface area contributed by atoms with Gasteiger partial charge in [0.25, 0.3) is 0 Å². The molecule has 0 bridgehead atoms. The SMILES string of the molecule is C[C@]1(N2CCN(c3cc4cc(NC(=O)[C@@H]5C[C@@]56CCOC6)ncc4cc3Cl)CC2)COC[C@H]1O. The van der Waals surface area contributed by atoms with Crippen LogP contribution in [-0.4, -0.2) is 85.1 Å². The molecule has 2 N–H and O–H groups in total. The Morgan fingerprint density at radius 1 is 1.18 bits per heavy atom. The van der Waals surface area contributed by atoms with Crippen LogP contribution in [0, 0.1) is 11.3 Å². The maximum absolute atomic E-state index is 12.8. The van der Waals surface area contributed by atoms with Crippen molar-refractivity contribution < 1.29 is 19.4 Å². The zero-order chi connectivity index (χ0) is 23.5. The van der Waals surface area contributed by atoms with Gasteiger partial charge in [0.05, 0.1) is 42.2 Å². The van der Waals surface area contributed by atoms with E-state index in [1.165, 1.54) is 0 Å². The number of anilines is 2. The van der Waals surface area contributed by atoms with Crippen molar-refractivity contribution in [3.63, 3.8) is 0 Å². The van der Waals surface area contributed by atoms with Crippen molar-refractivity contribution in [2.45, 2.75) is 31.4 Å². The third-order valence-electron chi connectivity index (χ3n) is 8.41. The Morgan fingerprint density at radius 3 is 2.71 bits per heavy atom. The number of ether oxygens (including phenoxy) is 2. The number of halogens is 1. The number of rotatable bonds is 4. The molecule has 4 aliphatic rings. The molecule has 0 unspecified atom stereocenters. The number of nitrogens with one attached hydrogen (secondary N) is 1. The smallest absolute Gasteiger partial charge is 0.229 e. The zero-order valence-electron chi connectivity index (χ0n) is 19.4. The highest BCUT2D eigenvalue weighted by Crippen LogP contribution is 2.58. The summed E-state index contributed by atoms with van der Waals surface area (Å²) in [6.07, 6.45) is 3.18. The first kappa shape index (κ1) is 22.5. The number of fused-ring (bicyclic) bond motifs is 1. The normalized spacial score (nSPS) is 33.7. The van der Waals surface area contributed by atoms with Crippen molar-refractivity contribution in [3.05, 3.63) is 29.4 Å². The summed E-state index contributed by atoms with van der Waals surface area (Å²) in [7, 11) is 0. The quantitative estimate of drug-likeness (QED) is 0.686. The standard InChI is InChI=1S/C25H31ClN4O4/c1-24(14-34-13-21(24)31)30-5-3-29(4-6-30)20-9-16-10-22(27-12-17(16)8-19(20)26)28-23(32)18-11-25(18)2-7-33-15-25/h8-10,12,18,21,31H,2-7,11,13-15H2,1H3,(H,27,28,32)/t18-,21+,24-,25+/m0/s1. The van der Waals surface area contributed by atoms with Crippen LogP contribution in [0.2, 0.25) is 5.02 Å². The minimum atomic E-state index is -0.462. The van der Waals surface area contributed by atoms with Crippen molar-refractivity contribution in [3.8, 4) is 0 Å². The molecule has 8 nitrogen and oxygen atoms in total. The van der Waals surface area contributed by atoms with E-state index in [0.717, 1.165) is 62.1 Å². The van der Waals surface area contributed by atoms with Gasteiger partial charge in [-0.25, -0.2) is 4.98 Å². The summed E-state index contributed by atoms with van der Waals surface area (Å²) in [4.78, 5) is 21.8. The second-order valence-electron chi connectivity index (χ2n) is 10.5. The molecule has 182 valence electrons. The number of aromatic nitrogens is 1. The van der Waals surface area contributed by atoms with Crippen LogP contribution in [0.3, 0.4) is 0 Å². The molecule has 1 aromatic heterocycles. The first-order valence-corrected chi connectivity index (χ1v) is 12.5. The fourth-order valence-electron chi connectivity index (χ4n) is 5.87. The minimum absolute atomic E-state index is 0.0233. The average molecular weight is 487 g/mol. The second-order valence-corrected chi connectivity index (χ2v) is 10.9. The monoisotopic (exact) mass is 486 g/mol.